The Hall–Kier alpha value is -1.19. The summed E-state index contributed by atoms with van der Waals surface area (Å²) in [4.78, 5) is 0. The number of benzene rings is 1. The van der Waals surface area contributed by atoms with Gasteiger partial charge in [0.2, 0.25) is 0 Å². The van der Waals surface area contributed by atoms with E-state index in [-0.39, 0.29) is 17.7 Å². The van der Waals surface area contributed by atoms with Gasteiger partial charge in [-0.2, -0.15) is 0 Å². The molecule has 1 rings (SSSR count). The summed E-state index contributed by atoms with van der Waals surface area (Å²) in [7, 11) is 1.20. The summed E-state index contributed by atoms with van der Waals surface area (Å²) in [5, 5.41) is 0. The zero-order valence-electron chi connectivity index (χ0n) is 7.96. The number of halogens is 3. The maximum Gasteiger partial charge on any atom is 0.171 e. The minimum absolute atomic E-state index is 0.102. The van der Waals surface area contributed by atoms with Gasteiger partial charge >= 0.3 is 0 Å². The lowest BCUT2D eigenvalue weighted by Crippen LogP contribution is -2.04. The van der Waals surface area contributed by atoms with Gasteiger partial charge in [-0.1, -0.05) is 6.92 Å². The molecule has 0 amide bonds. The van der Waals surface area contributed by atoms with Crippen LogP contribution in [0.5, 0.6) is 5.75 Å². The smallest absolute Gasteiger partial charge is 0.171 e. The van der Waals surface area contributed by atoms with E-state index >= 15 is 0 Å². The third kappa shape index (κ3) is 1.45. The van der Waals surface area contributed by atoms with E-state index in [9.17, 15) is 13.2 Å². The van der Waals surface area contributed by atoms with Crippen LogP contribution in [-0.2, 0) is 6.42 Å². The fraction of sp³-hybridized carbons (Fsp3) is 0.300. The Bertz CT molecular complexity index is 326. The van der Waals surface area contributed by atoms with Crippen LogP contribution in [0.1, 0.15) is 18.1 Å². The second-order valence-electron chi connectivity index (χ2n) is 2.79. The van der Waals surface area contributed by atoms with E-state index in [4.69, 9.17) is 0 Å². The molecular weight excluding hydrogens is 193 g/mol. The fourth-order valence-corrected chi connectivity index (χ4v) is 1.26. The molecule has 1 aromatic rings. The second kappa shape index (κ2) is 3.90. The van der Waals surface area contributed by atoms with Crippen LogP contribution in [0.4, 0.5) is 13.2 Å². The summed E-state index contributed by atoms with van der Waals surface area (Å²) in [6, 6.07) is 0. The van der Waals surface area contributed by atoms with Gasteiger partial charge in [0.25, 0.3) is 0 Å². The highest BCUT2D eigenvalue weighted by atomic mass is 19.2. The largest absolute Gasteiger partial charge is 0.493 e. The lowest BCUT2D eigenvalue weighted by Gasteiger charge is -2.11. The SMILES string of the molecule is [CH2]c1c(F)c(F)c(CC)c(OC)c1F. The van der Waals surface area contributed by atoms with E-state index in [2.05, 4.69) is 11.7 Å². The lowest BCUT2D eigenvalue weighted by atomic mass is 10.1. The van der Waals surface area contributed by atoms with E-state index in [0.29, 0.717) is 0 Å². The number of hydrogen-bond acceptors (Lipinski definition) is 1. The number of methoxy groups -OCH3 is 1. The minimum atomic E-state index is -1.25. The molecule has 0 unspecified atom stereocenters. The van der Waals surface area contributed by atoms with Gasteiger partial charge in [0.15, 0.2) is 23.2 Å². The van der Waals surface area contributed by atoms with Gasteiger partial charge in [-0.15, -0.1) is 0 Å². The van der Waals surface area contributed by atoms with Crippen molar-refractivity contribution in [1.29, 1.82) is 0 Å². The van der Waals surface area contributed by atoms with Gasteiger partial charge in [0.1, 0.15) is 0 Å². The summed E-state index contributed by atoms with van der Waals surface area (Å²) < 4.78 is 44.2. The van der Waals surface area contributed by atoms with Gasteiger partial charge in [-0.3, -0.25) is 0 Å². The fourth-order valence-electron chi connectivity index (χ4n) is 1.26. The summed E-state index contributed by atoms with van der Waals surface area (Å²) in [6.45, 7) is 4.68. The third-order valence-corrected chi connectivity index (χ3v) is 2.02. The highest BCUT2D eigenvalue weighted by Crippen LogP contribution is 2.30. The van der Waals surface area contributed by atoms with Gasteiger partial charge in [-0.05, 0) is 13.3 Å². The molecule has 1 aromatic carbocycles. The Morgan fingerprint density at radius 3 is 2.14 bits per heavy atom. The van der Waals surface area contributed by atoms with Crippen molar-refractivity contribution in [3.8, 4) is 5.75 Å². The highest BCUT2D eigenvalue weighted by molar-refractivity contribution is 5.42. The Kier molecular flexibility index (Phi) is 3.03. The molecule has 14 heavy (non-hydrogen) atoms. The Balaban J connectivity index is 3.57. The van der Waals surface area contributed by atoms with Crippen LogP contribution in [0, 0.1) is 24.4 Å². The van der Waals surface area contributed by atoms with Crippen molar-refractivity contribution < 1.29 is 17.9 Å². The van der Waals surface area contributed by atoms with Crippen LogP contribution in [0.3, 0.4) is 0 Å². The van der Waals surface area contributed by atoms with Gasteiger partial charge in [0.05, 0.1) is 7.11 Å². The number of ether oxygens (including phenoxy) is 1. The molecule has 0 heterocycles. The first-order valence-electron chi connectivity index (χ1n) is 4.09. The molecule has 1 radical (unpaired) electrons. The van der Waals surface area contributed by atoms with Crippen molar-refractivity contribution in [3.05, 3.63) is 35.5 Å². The Morgan fingerprint density at radius 2 is 1.71 bits per heavy atom. The van der Waals surface area contributed by atoms with Gasteiger partial charge in [0, 0.05) is 11.1 Å². The molecular formula is C10H10F3O. The van der Waals surface area contributed by atoms with E-state index in [1.165, 1.54) is 7.11 Å². The van der Waals surface area contributed by atoms with E-state index in [1.54, 1.807) is 6.92 Å². The maximum atomic E-state index is 13.3. The molecule has 0 saturated carbocycles. The minimum Gasteiger partial charge on any atom is -0.493 e. The number of rotatable bonds is 2. The van der Waals surface area contributed by atoms with Crippen molar-refractivity contribution in [1.82, 2.24) is 0 Å². The molecule has 0 saturated heterocycles. The zero-order chi connectivity index (χ0) is 10.9. The first kappa shape index (κ1) is 10.9. The van der Waals surface area contributed by atoms with Crippen molar-refractivity contribution >= 4 is 0 Å². The molecule has 0 aliphatic carbocycles. The standard InChI is InChI=1S/C10H10F3O/c1-4-6-9(13)7(11)5(2)8(12)10(6)14-3/h2,4H2,1,3H3. The lowest BCUT2D eigenvalue weighted by molar-refractivity contribution is 0.367. The van der Waals surface area contributed by atoms with Crippen LogP contribution in [0.15, 0.2) is 0 Å². The molecule has 1 nitrogen and oxygen atoms in total. The van der Waals surface area contributed by atoms with Crippen molar-refractivity contribution in [3.63, 3.8) is 0 Å². The van der Waals surface area contributed by atoms with Crippen molar-refractivity contribution in [2.24, 2.45) is 0 Å². The first-order chi connectivity index (χ1) is 6.54. The molecule has 0 fully saturated rings. The summed E-state index contributed by atoms with van der Waals surface area (Å²) in [5.41, 5.74) is -0.702. The zero-order valence-corrected chi connectivity index (χ0v) is 7.96. The maximum absolute atomic E-state index is 13.3. The second-order valence-corrected chi connectivity index (χ2v) is 2.79. The van der Waals surface area contributed by atoms with Gasteiger partial charge in [-0.25, -0.2) is 13.2 Å². The molecule has 0 spiro atoms. The van der Waals surface area contributed by atoms with Crippen LogP contribution in [0.25, 0.3) is 0 Å². The third-order valence-electron chi connectivity index (χ3n) is 2.02. The number of hydrogen-bond donors (Lipinski definition) is 0. The predicted octanol–water partition coefficient (Wildman–Crippen LogP) is 2.86. The monoisotopic (exact) mass is 203 g/mol. The van der Waals surface area contributed by atoms with Gasteiger partial charge < -0.3 is 4.74 Å². The molecule has 0 atom stereocenters. The Labute approximate surface area is 80.5 Å². The molecule has 0 aliphatic rings. The molecule has 4 heteroatoms. The molecule has 0 N–H and O–H groups in total. The van der Waals surface area contributed by atoms with Crippen LogP contribution >= 0.6 is 0 Å². The molecule has 0 aliphatic heterocycles. The van der Waals surface area contributed by atoms with Crippen LogP contribution in [0.2, 0.25) is 0 Å². The first-order valence-corrected chi connectivity index (χ1v) is 4.09. The van der Waals surface area contributed by atoms with E-state index < -0.39 is 23.0 Å². The van der Waals surface area contributed by atoms with Crippen molar-refractivity contribution in [2.45, 2.75) is 13.3 Å². The summed E-state index contributed by atoms with van der Waals surface area (Å²) >= 11 is 0. The van der Waals surface area contributed by atoms with E-state index in [0.717, 1.165) is 0 Å². The Morgan fingerprint density at radius 1 is 1.14 bits per heavy atom. The topological polar surface area (TPSA) is 9.23 Å². The quantitative estimate of drug-likeness (QED) is 0.671. The summed E-state index contributed by atoms with van der Waals surface area (Å²) in [5.74, 6) is -3.55. The normalized spacial score (nSPS) is 10.4. The van der Waals surface area contributed by atoms with E-state index in [1.807, 2.05) is 0 Å². The van der Waals surface area contributed by atoms with Crippen LogP contribution in [-0.4, -0.2) is 7.11 Å². The van der Waals surface area contributed by atoms with Crippen molar-refractivity contribution in [2.75, 3.05) is 7.11 Å². The molecule has 77 valence electrons. The van der Waals surface area contributed by atoms with Crippen LogP contribution < -0.4 is 4.74 Å². The molecule has 0 bridgehead atoms. The highest BCUT2D eigenvalue weighted by Gasteiger charge is 2.21. The predicted molar refractivity (Wildman–Crippen MR) is 46.7 cm³/mol. The average Bonchev–Trinajstić information content (AvgIpc) is 2.20. The molecule has 0 aromatic heterocycles. The average molecular weight is 203 g/mol. The summed E-state index contributed by atoms with van der Waals surface area (Å²) in [6.07, 6.45) is 0.156.